The van der Waals surface area contributed by atoms with Gasteiger partial charge in [0.2, 0.25) is 12.7 Å². The summed E-state index contributed by atoms with van der Waals surface area (Å²) in [6.45, 7) is 4.47. The molecule has 2 N–H and O–H groups in total. The average molecular weight is 498 g/mol. The van der Waals surface area contributed by atoms with E-state index >= 15 is 0 Å². The molecule has 0 spiro atoms. The third-order valence-corrected chi connectivity index (χ3v) is 4.08. The van der Waals surface area contributed by atoms with Gasteiger partial charge in [0.15, 0.2) is 17.5 Å². The molecule has 2 heterocycles. The van der Waals surface area contributed by atoms with Crippen molar-refractivity contribution in [2.24, 2.45) is 4.99 Å². The Morgan fingerprint density at radius 3 is 2.71 bits per heavy atom. The van der Waals surface area contributed by atoms with Crippen LogP contribution in [0, 0.1) is 0 Å². The van der Waals surface area contributed by atoms with Gasteiger partial charge in [-0.3, -0.25) is 4.99 Å². The van der Waals surface area contributed by atoms with Gasteiger partial charge in [0.1, 0.15) is 0 Å². The number of aromatic nitrogens is 1. The Morgan fingerprint density at radius 1 is 1.14 bits per heavy atom. The van der Waals surface area contributed by atoms with Gasteiger partial charge in [0.25, 0.3) is 0 Å². The van der Waals surface area contributed by atoms with Crippen LogP contribution in [-0.4, -0.2) is 37.9 Å². The zero-order valence-corrected chi connectivity index (χ0v) is 18.6. The lowest BCUT2D eigenvalue weighted by atomic mass is 10.1. The van der Waals surface area contributed by atoms with Crippen molar-refractivity contribution in [3.05, 3.63) is 47.7 Å². The number of fused-ring (bicyclic) bond motifs is 1. The van der Waals surface area contributed by atoms with Crippen molar-refractivity contribution in [1.82, 2.24) is 15.6 Å². The topological polar surface area (TPSA) is 77.0 Å². The molecule has 0 bridgehead atoms. The zero-order valence-electron chi connectivity index (χ0n) is 16.2. The largest absolute Gasteiger partial charge is 0.478 e. The second-order valence-electron chi connectivity index (χ2n) is 6.14. The van der Waals surface area contributed by atoms with Crippen LogP contribution in [0.4, 0.5) is 0 Å². The second-order valence-corrected chi connectivity index (χ2v) is 6.14. The van der Waals surface area contributed by atoms with E-state index in [1.165, 1.54) is 5.56 Å². The highest BCUT2D eigenvalue weighted by Gasteiger charge is 2.12. The number of pyridine rings is 1. The first-order chi connectivity index (χ1) is 13.3. The summed E-state index contributed by atoms with van der Waals surface area (Å²) < 4.78 is 16.2. The Bertz CT molecular complexity index is 769. The zero-order chi connectivity index (χ0) is 18.9. The SMILES string of the molecule is CCCOc1ccc(CNC(=NC)NCCc2ccc3c(c2)OCO3)cn1.I. The fraction of sp³-hybridized carbons (Fsp3) is 0.400. The molecule has 28 heavy (non-hydrogen) atoms. The summed E-state index contributed by atoms with van der Waals surface area (Å²) in [6, 6.07) is 9.92. The molecule has 7 nitrogen and oxygen atoms in total. The molecule has 152 valence electrons. The number of nitrogens with zero attached hydrogens (tertiary/aromatic N) is 2. The lowest BCUT2D eigenvalue weighted by Gasteiger charge is -2.12. The summed E-state index contributed by atoms with van der Waals surface area (Å²) in [6.07, 6.45) is 3.65. The minimum Gasteiger partial charge on any atom is -0.478 e. The number of rotatable bonds is 8. The molecule has 0 saturated heterocycles. The van der Waals surface area contributed by atoms with Crippen LogP contribution in [0.15, 0.2) is 41.5 Å². The molecular formula is C20H27IN4O3. The molecule has 2 aromatic rings. The van der Waals surface area contributed by atoms with Crippen LogP contribution in [0.1, 0.15) is 24.5 Å². The van der Waals surface area contributed by atoms with E-state index in [2.05, 4.69) is 33.6 Å². The lowest BCUT2D eigenvalue weighted by Crippen LogP contribution is -2.37. The van der Waals surface area contributed by atoms with E-state index < -0.39 is 0 Å². The molecule has 1 aromatic heterocycles. The van der Waals surface area contributed by atoms with Gasteiger partial charge in [-0.1, -0.05) is 19.1 Å². The number of hydrogen-bond acceptors (Lipinski definition) is 5. The molecule has 1 aliphatic heterocycles. The van der Waals surface area contributed by atoms with Crippen LogP contribution in [-0.2, 0) is 13.0 Å². The van der Waals surface area contributed by atoms with Crippen LogP contribution in [0.5, 0.6) is 17.4 Å². The van der Waals surface area contributed by atoms with Crippen LogP contribution < -0.4 is 24.8 Å². The van der Waals surface area contributed by atoms with E-state index in [-0.39, 0.29) is 24.0 Å². The first kappa shape index (κ1) is 22.1. The van der Waals surface area contributed by atoms with Crippen LogP contribution in [0.3, 0.4) is 0 Å². The molecule has 0 fully saturated rings. The summed E-state index contributed by atoms with van der Waals surface area (Å²) in [4.78, 5) is 8.56. The number of halogens is 1. The fourth-order valence-corrected chi connectivity index (χ4v) is 2.64. The van der Waals surface area contributed by atoms with Crippen LogP contribution in [0.2, 0.25) is 0 Å². The van der Waals surface area contributed by atoms with Gasteiger partial charge in [-0.15, -0.1) is 24.0 Å². The summed E-state index contributed by atoms with van der Waals surface area (Å²) in [5.74, 6) is 3.03. The highest BCUT2D eigenvalue weighted by molar-refractivity contribution is 14.0. The summed E-state index contributed by atoms with van der Waals surface area (Å²) in [7, 11) is 1.76. The lowest BCUT2D eigenvalue weighted by molar-refractivity contribution is 0.174. The molecule has 3 rings (SSSR count). The minimum atomic E-state index is 0. The van der Waals surface area contributed by atoms with E-state index in [1.807, 2.05) is 30.5 Å². The predicted octanol–water partition coefficient (Wildman–Crippen LogP) is 3.12. The summed E-state index contributed by atoms with van der Waals surface area (Å²) >= 11 is 0. The van der Waals surface area contributed by atoms with Gasteiger partial charge < -0.3 is 24.8 Å². The molecular weight excluding hydrogens is 471 g/mol. The number of nitrogens with one attached hydrogen (secondary N) is 2. The number of hydrogen-bond donors (Lipinski definition) is 2. The van der Waals surface area contributed by atoms with Gasteiger partial charge in [0, 0.05) is 32.4 Å². The quantitative estimate of drug-likeness (QED) is 0.331. The second kappa shape index (κ2) is 11.6. The van der Waals surface area contributed by atoms with Gasteiger partial charge in [-0.05, 0) is 36.1 Å². The van der Waals surface area contributed by atoms with Gasteiger partial charge in [-0.2, -0.15) is 0 Å². The van der Waals surface area contributed by atoms with E-state index in [0.29, 0.717) is 25.8 Å². The molecule has 0 unspecified atom stereocenters. The Hall–Kier alpha value is -2.23. The smallest absolute Gasteiger partial charge is 0.231 e. The molecule has 0 radical (unpaired) electrons. The summed E-state index contributed by atoms with van der Waals surface area (Å²) in [5.41, 5.74) is 2.26. The predicted molar refractivity (Wildman–Crippen MR) is 120 cm³/mol. The standard InChI is InChI=1S/C20H26N4O3.HI/c1-3-10-25-19-7-5-16(12-23-19)13-24-20(21-2)22-9-8-15-4-6-17-18(11-15)27-14-26-17;/h4-7,11-12H,3,8-10,13-14H2,1-2H3,(H2,21,22,24);1H. The third-order valence-electron chi connectivity index (χ3n) is 4.08. The normalized spacial score (nSPS) is 12.3. The maximum Gasteiger partial charge on any atom is 0.231 e. The van der Waals surface area contributed by atoms with E-state index in [0.717, 1.165) is 42.4 Å². The average Bonchev–Trinajstić information content (AvgIpc) is 3.17. The van der Waals surface area contributed by atoms with Gasteiger partial charge in [0.05, 0.1) is 6.61 Å². The van der Waals surface area contributed by atoms with Crippen molar-refractivity contribution in [3.8, 4) is 17.4 Å². The third kappa shape index (κ3) is 6.43. The monoisotopic (exact) mass is 498 g/mol. The minimum absolute atomic E-state index is 0. The first-order valence-electron chi connectivity index (χ1n) is 9.19. The molecule has 8 heteroatoms. The summed E-state index contributed by atoms with van der Waals surface area (Å²) in [5, 5.41) is 6.61. The number of aliphatic imine (C=N–C) groups is 1. The number of guanidine groups is 1. The fourth-order valence-electron chi connectivity index (χ4n) is 2.64. The molecule has 0 saturated carbocycles. The first-order valence-corrected chi connectivity index (χ1v) is 9.19. The van der Waals surface area contributed by atoms with Crippen LogP contribution in [0.25, 0.3) is 0 Å². The van der Waals surface area contributed by atoms with Gasteiger partial charge in [-0.25, -0.2) is 4.98 Å². The van der Waals surface area contributed by atoms with E-state index in [1.54, 1.807) is 7.05 Å². The van der Waals surface area contributed by atoms with Crippen molar-refractivity contribution in [1.29, 1.82) is 0 Å². The van der Waals surface area contributed by atoms with Crippen molar-refractivity contribution in [2.75, 3.05) is 27.0 Å². The molecule has 0 amide bonds. The van der Waals surface area contributed by atoms with E-state index in [4.69, 9.17) is 14.2 Å². The Morgan fingerprint density at radius 2 is 1.96 bits per heavy atom. The maximum atomic E-state index is 5.50. The Balaban J connectivity index is 0.00000280. The highest BCUT2D eigenvalue weighted by atomic mass is 127. The molecule has 1 aliphatic rings. The highest BCUT2D eigenvalue weighted by Crippen LogP contribution is 2.32. The van der Waals surface area contributed by atoms with Crippen molar-refractivity contribution < 1.29 is 14.2 Å². The number of benzene rings is 1. The number of ether oxygens (including phenoxy) is 3. The van der Waals surface area contributed by atoms with Crippen LogP contribution >= 0.6 is 24.0 Å². The van der Waals surface area contributed by atoms with Crippen molar-refractivity contribution in [2.45, 2.75) is 26.3 Å². The Kier molecular flexibility index (Phi) is 9.12. The molecule has 0 atom stereocenters. The Labute approximate surface area is 182 Å². The molecule has 1 aromatic carbocycles. The van der Waals surface area contributed by atoms with Crippen molar-refractivity contribution in [3.63, 3.8) is 0 Å². The molecule has 0 aliphatic carbocycles. The van der Waals surface area contributed by atoms with Gasteiger partial charge >= 0.3 is 0 Å². The van der Waals surface area contributed by atoms with Crippen molar-refractivity contribution >= 4 is 29.9 Å². The van der Waals surface area contributed by atoms with E-state index in [9.17, 15) is 0 Å². The maximum absolute atomic E-state index is 5.50.